The van der Waals surface area contributed by atoms with E-state index in [2.05, 4.69) is 12.2 Å². The van der Waals surface area contributed by atoms with E-state index in [0.717, 1.165) is 12.1 Å². The largest absolute Gasteiger partial charge is 0.477 e. The fourth-order valence-electron chi connectivity index (χ4n) is 4.12. The van der Waals surface area contributed by atoms with Crippen molar-refractivity contribution in [2.45, 2.75) is 32.4 Å². The van der Waals surface area contributed by atoms with Crippen molar-refractivity contribution in [2.75, 3.05) is 24.5 Å². The fraction of sp³-hybridized carbons (Fsp3) is 0.444. The molecule has 0 saturated carbocycles. The van der Waals surface area contributed by atoms with E-state index in [1.165, 1.54) is 12.3 Å². The van der Waals surface area contributed by atoms with Crippen LogP contribution in [-0.4, -0.2) is 41.3 Å². The summed E-state index contributed by atoms with van der Waals surface area (Å²) in [5, 5.41) is 12.8. The van der Waals surface area contributed by atoms with Crippen LogP contribution in [0.4, 0.5) is 10.1 Å². The van der Waals surface area contributed by atoms with Crippen LogP contribution in [0.3, 0.4) is 0 Å². The molecular weight excluding hydrogens is 361 g/mol. The minimum Gasteiger partial charge on any atom is -0.477 e. The lowest BCUT2D eigenvalue weighted by Gasteiger charge is -2.35. The van der Waals surface area contributed by atoms with E-state index in [-0.39, 0.29) is 35.4 Å². The lowest BCUT2D eigenvalue weighted by molar-refractivity contribution is 0.0694. The summed E-state index contributed by atoms with van der Waals surface area (Å²) in [7, 11) is 0. The molecule has 0 aliphatic carbocycles. The van der Waals surface area contributed by atoms with Crippen molar-refractivity contribution in [3.63, 3.8) is 0 Å². The number of hydrogen-bond donors (Lipinski definition) is 2. The van der Waals surface area contributed by atoms with Crippen molar-refractivity contribution in [3.05, 3.63) is 39.4 Å². The predicted octanol–water partition coefficient (Wildman–Crippen LogP) is 2.18. The number of carboxylic acids is 1. The number of carboxylic acid groups (broad SMARTS) is 1. The number of anilines is 1. The zero-order valence-electron chi connectivity index (χ0n) is 14.6. The van der Waals surface area contributed by atoms with Crippen molar-refractivity contribution >= 4 is 35.0 Å². The number of aromatic carboxylic acids is 1. The van der Waals surface area contributed by atoms with Gasteiger partial charge in [-0.05, 0) is 26.3 Å². The molecule has 0 bridgehead atoms. The molecule has 6 nitrogen and oxygen atoms in total. The van der Waals surface area contributed by atoms with Gasteiger partial charge in [0.05, 0.1) is 11.2 Å². The van der Waals surface area contributed by atoms with Gasteiger partial charge in [0.2, 0.25) is 5.43 Å². The molecule has 1 saturated heterocycles. The Kier molecular flexibility index (Phi) is 4.71. The second-order valence-electron chi connectivity index (χ2n) is 7.02. The quantitative estimate of drug-likeness (QED) is 0.834. The Bertz CT molecular complexity index is 959. The Morgan fingerprint density at radius 1 is 1.38 bits per heavy atom. The van der Waals surface area contributed by atoms with Crippen molar-refractivity contribution in [1.82, 2.24) is 9.88 Å². The number of halogens is 2. The number of carbonyl (C=O) groups is 1. The SMILES string of the molecule is CC1CN(c2c(F)cc3c(=O)c(C(=O)O)cn4c3c2C[C@@H]4C)CCN1.Cl. The molecular formula is C18H21ClFN3O3. The van der Waals surface area contributed by atoms with Gasteiger partial charge in [-0.15, -0.1) is 12.4 Å². The summed E-state index contributed by atoms with van der Waals surface area (Å²) in [6, 6.07) is 1.45. The van der Waals surface area contributed by atoms with E-state index in [1.807, 2.05) is 16.4 Å². The summed E-state index contributed by atoms with van der Waals surface area (Å²) < 4.78 is 16.8. The monoisotopic (exact) mass is 381 g/mol. The van der Waals surface area contributed by atoms with Crippen LogP contribution < -0.4 is 15.6 Å². The zero-order chi connectivity index (χ0) is 17.9. The molecule has 1 unspecified atom stereocenters. The normalized spacial score (nSPS) is 21.7. The topological polar surface area (TPSA) is 74.6 Å². The summed E-state index contributed by atoms with van der Waals surface area (Å²) >= 11 is 0. The lowest BCUT2D eigenvalue weighted by atomic mass is 10.0. The smallest absolute Gasteiger partial charge is 0.341 e. The Morgan fingerprint density at radius 3 is 2.77 bits per heavy atom. The van der Waals surface area contributed by atoms with Crippen LogP contribution in [0.25, 0.3) is 10.9 Å². The maximum atomic E-state index is 15.0. The summed E-state index contributed by atoms with van der Waals surface area (Å²) in [6.45, 7) is 6.19. The first-order chi connectivity index (χ1) is 11.9. The number of hydrogen-bond acceptors (Lipinski definition) is 4. The Labute approximate surface area is 156 Å². The van der Waals surface area contributed by atoms with Gasteiger partial charge < -0.3 is 19.9 Å². The molecule has 2 aliphatic heterocycles. The van der Waals surface area contributed by atoms with Crippen LogP contribution in [0.5, 0.6) is 0 Å². The summed E-state index contributed by atoms with van der Waals surface area (Å²) in [4.78, 5) is 25.9. The van der Waals surface area contributed by atoms with E-state index in [9.17, 15) is 19.1 Å². The average molecular weight is 382 g/mol. The van der Waals surface area contributed by atoms with Gasteiger partial charge in [0.25, 0.3) is 0 Å². The van der Waals surface area contributed by atoms with E-state index in [4.69, 9.17) is 0 Å². The van der Waals surface area contributed by atoms with Crippen LogP contribution in [-0.2, 0) is 6.42 Å². The molecule has 1 aromatic carbocycles. The molecule has 140 valence electrons. The fourth-order valence-corrected chi connectivity index (χ4v) is 4.12. The van der Waals surface area contributed by atoms with Crippen LogP contribution >= 0.6 is 12.4 Å². The number of pyridine rings is 1. The predicted molar refractivity (Wildman–Crippen MR) is 100 cm³/mol. The van der Waals surface area contributed by atoms with Gasteiger partial charge in [0, 0.05) is 48.9 Å². The first-order valence-electron chi connectivity index (χ1n) is 8.50. The summed E-state index contributed by atoms with van der Waals surface area (Å²) in [6.07, 6.45) is 1.99. The van der Waals surface area contributed by atoms with Gasteiger partial charge >= 0.3 is 5.97 Å². The zero-order valence-corrected chi connectivity index (χ0v) is 15.4. The molecule has 1 aromatic heterocycles. The third-order valence-electron chi connectivity index (χ3n) is 5.23. The van der Waals surface area contributed by atoms with Gasteiger partial charge in [0.1, 0.15) is 11.4 Å². The second-order valence-corrected chi connectivity index (χ2v) is 7.02. The van der Waals surface area contributed by atoms with Gasteiger partial charge in [-0.1, -0.05) is 0 Å². The van der Waals surface area contributed by atoms with Crippen molar-refractivity contribution in [2.24, 2.45) is 0 Å². The van der Waals surface area contributed by atoms with Crippen LogP contribution in [0, 0.1) is 5.82 Å². The Balaban J connectivity index is 0.00000196. The molecule has 26 heavy (non-hydrogen) atoms. The maximum absolute atomic E-state index is 15.0. The molecule has 2 N–H and O–H groups in total. The van der Waals surface area contributed by atoms with E-state index in [1.54, 1.807) is 0 Å². The molecule has 2 aliphatic rings. The van der Waals surface area contributed by atoms with Crippen molar-refractivity contribution < 1.29 is 14.3 Å². The lowest BCUT2D eigenvalue weighted by Crippen LogP contribution is -2.49. The van der Waals surface area contributed by atoms with Gasteiger partial charge in [0.15, 0.2) is 0 Å². The number of aromatic nitrogens is 1. The first-order valence-corrected chi connectivity index (χ1v) is 8.50. The Morgan fingerprint density at radius 2 is 2.12 bits per heavy atom. The molecule has 3 heterocycles. The van der Waals surface area contributed by atoms with E-state index >= 15 is 0 Å². The highest BCUT2D eigenvalue weighted by molar-refractivity contribution is 5.96. The molecule has 2 atom stereocenters. The number of nitrogens with one attached hydrogen (secondary N) is 1. The van der Waals surface area contributed by atoms with Gasteiger partial charge in [-0.3, -0.25) is 4.79 Å². The minimum atomic E-state index is -1.28. The molecule has 4 rings (SSSR count). The van der Waals surface area contributed by atoms with Crippen LogP contribution in [0.1, 0.15) is 35.8 Å². The molecule has 2 aromatic rings. The highest BCUT2D eigenvalue weighted by Gasteiger charge is 2.31. The average Bonchev–Trinajstić information content (AvgIpc) is 2.87. The third kappa shape index (κ3) is 2.66. The first kappa shape index (κ1) is 18.7. The molecule has 1 fully saturated rings. The summed E-state index contributed by atoms with van der Waals surface area (Å²) in [5.74, 6) is -1.73. The molecule has 0 radical (unpaired) electrons. The Hall–Kier alpha value is -2.12. The van der Waals surface area contributed by atoms with E-state index in [0.29, 0.717) is 30.7 Å². The standard InChI is InChI=1S/C18H20FN3O3.ClH/c1-9-7-21(4-3-20-9)16-11-5-10(2)22-8-13(18(24)25)17(23)12(15(11)22)6-14(16)19;/h6,8-10,20H,3-5,7H2,1-2H3,(H,24,25);1H/t9?,10-;/m0./s1. The number of benzene rings is 1. The van der Waals surface area contributed by atoms with Crippen molar-refractivity contribution in [3.8, 4) is 0 Å². The summed E-state index contributed by atoms with van der Waals surface area (Å²) in [5.41, 5.74) is 1.11. The minimum absolute atomic E-state index is 0. The highest BCUT2D eigenvalue weighted by Crippen LogP contribution is 2.39. The van der Waals surface area contributed by atoms with Crippen LogP contribution in [0.15, 0.2) is 17.1 Å². The van der Waals surface area contributed by atoms with Crippen molar-refractivity contribution in [1.29, 1.82) is 0 Å². The molecule has 0 amide bonds. The van der Waals surface area contributed by atoms with Gasteiger partial charge in [-0.2, -0.15) is 0 Å². The van der Waals surface area contributed by atoms with E-state index < -0.39 is 17.2 Å². The van der Waals surface area contributed by atoms with Gasteiger partial charge in [-0.25, -0.2) is 9.18 Å². The highest BCUT2D eigenvalue weighted by atomic mass is 35.5. The maximum Gasteiger partial charge on any atom is 0.341 e. The number of nitrogens with zero attached hydrogens (tertiary/aromatic N) is 2. The molecule has 0 spiro atoms. The number of rotatable bonds is 2. The second kappa shape index (κ2) is 6.55. The molecule has 8 heteroatoms. The van der Waals surface area contributed by atoms with Crippen LogP contribution in [0.2, 0.25) is 0 Å². The third-order valence-corrected chi connectivity index (χ3v) is 5.23. The number of piperazine rings is 1.